The number of pyridine rings is 1. The van der Waals surface area contributed by atoms with Crippen molar-refractivity contribution < 1.29 is 9.90 Å². The molecule has 1 saturated heterocycles. The summed E-state index contributed by atoms with van der Waals surface area (Å²) >= 11 is 0. The van der Waals surface area contributed by atoms with Crippen LogP contribution in [0.1, 0.15) is 37.8 Å². The lowest BCUT2D eigenvalue weighted by molar-refractivity contribution is -0.134. The van der Waals surface area contributed by atoms with Gasteiger partial charge in [-0.1, -0.05) is 24.3 Å². The topological polar surface area (TPSA) is 88.3 Å². The summed E-state index contributed by atoms with van der Waals surface area (Å²) < 4.78 is 1.28. The first-order valence-corrected chi connectivity index (χ1v) is 10.9. The van der Waals surface area contributed by atoms with Gasteiger partial charge in [0.15, 0.2) is 0 Å². The fourth-order valence-electron chi connectivity index (χ4n) is 5.43. The zero-order chi connectivity index (χ0) is 21.6. The molecular formula is C24H26N4O3. The van der Waals surface area contributed by atoms with Crippen molar-refractivity contribution in [2.75, 3.05) is 13.1 Å². The van der Waals surface area contributed by atoms with Crippen LogP contribution in [0.15, 0.2) is 59.8 Å². The van der Waals surface area contributed by atoms with Crippen molar-refractivity contribution in [3.63, 3.8) is 0 Å². The van der Waals surface area contributed by atoms with Crippen LogP contribution in [-0.4, -0.2) is 43.8 Å². The van der Waals surface area contributed by atoms with Gasteiger partial charge in [-0.05, 0) is 44.2 Å². The average Bonchev–Trinajstić information content (AvgIpc) is 3.25. The Morgan fingerprint density at radius 1 is 1.19 bits per heavy atom. The highest BCUT2D eigenvalue weighted by molar-refractivity contribution is 5.82. The first-order valence-electron chi connectivity index (χ1n) is 10.9. The molecule has 0 bridgehead atoms. The van der Waals surface area contributed by atoms with E-state index < -0.39 is 11.6 Å². The van der Waals surface area contributed by atoms with Crippen LogP contribution >= 0.6 is 0 Å². The van der Waals surface area contributed by atoms with Crippen LogP contribution in [0.3, 0.4) is 0 Å². The van der Waals surface area contributed by atoms with E-state index in [0.717, 1.165) is 23.8 Å². The molecular weight excluding hydrogens is 392 g/mol. The summed E-state index contributed by atoms with van der Waals surface area (Å²) in [5.41, 5.74) is -0.421. The Hall–Kier alpha value is -3.06. The Kier molecular flexibility index (Phi) is 4.85. The SMILES string of the molecule is CC(C(=O)N1CC2CCCC(O)(c3cccnc3)C2C1)n1ncc2ccccc2c1=O. The Labute approximate surface area is 180 Å². The molecule has 2 fully saturated rings. The molecule has 0 spiro atoms. The van der Waals surface area contributed by atoms with Crippen LogP contribution in [-0.2, 0) is 10.4 Å². The molecule has 7 heteroatoms. The maximum Gasteiger partial charge on any atom is 0.275 e. The van der Waals surface area contributed by atoms with E-state index in [1.54, 1.807) is 36.5 Å². The lowest BCUT2D eigenvalue weighted by Gasteiger charge is -2.41. The standard InChI is InChI=1S/C24H26N4O3/c1-16(28-23(30)20-9-3-2-6-17(20)12-26-28)22(29)27-14-18-7-4-10-24(31,21(18)15-27)19-8-5-11-25-13-19/h2-3,5-6,8-9,11-13,16,18,21,31H,4,7,10,14-15H2,1H3. The second-order valence-corrected chi connectivity index (χ2v) is 8.83. The van der Waals surface area contributed by atoms with E-state index in [9.17, 15) is 14.7 Å². The summed E-state index contributed by atoms with van der Waals surface area (Å²) in [5.74, 6) is 0.0621. The number of aliphatic hydroxyl groups is 1. The number of hydrogen-bond acceptors (Lipinski definition) is 5. The van der Waals surface area contributed by atoms with E-state index in [1.165, 1.54) is 4.68 Å². The Morgan fingerprint density at radius 2 is 2.03 bits per heavy atom. The van der Waals surface area contributed by atoms with Crippen molar-refractivity contribution in [2.45, 2.75) is 37.8 Å². The number of carbonyl (C=O) groups excluding carboxylic acids is 1. The molecule has 7 nitrogen and oxygen atoms in total. The molecule has 5 rings (SSSR count). The maximum absolute atomic E-state index is 13.4. The summed E-state index contributed by atoms with van der Waals surface area (Å²) in [6.45, 7) is 2.79. The molecule has 4 atom stereocenters. The Balaban J connectivity index is 1.41. The van der Waals surface area contributed by atoms with E-state index in [0.29, 0.717) is 24.9 Å². The minimum absolute atomic E-state index is 0.0390. The third-order valence-corrected chi connectivity index (χ3v) is 7.11. The highest BCUT2D eigenvalue weighted by atomic mass is 16.3. The van der Waals surface area contributed by atoms with Crippen LogP contribution in [0, 0.1) is 11.8 Å². The molecule has 1 aliphatic carbocycles. The van der Waals surface area contributed by atoms with Gasteiger partial charge in [0.25, 0.3) is 5.56 Å². The van der Waals surface area contributed by atoms with E-state index in [2.05, 4.69) is 10.1 Å². The smallest absolute Gasteiger partial charge is 0.275 e. The lowest BCUT2D eigenvalue weighted by atomic mass is 9.68. The van der Waals surface area contributed by atoms with Gasteiger partial charge in [0.2, 0.25) is 5.91 Å². The third kappa shape index (κ3) is 3.24. The van der Waals surface area contributed by atoms with Gasteiger partial charge < -0.3 is 10.0 Å². The van der Waals surface area contributed by atoms with Crippen molar-refractivity contribution in [3.05, 3.63) is 70.9 Å². The van der Waals surface area contributed by atoms with Gasteiger partial charge in [-0.2, -0.15) is 5.10 Å². The van der Waals surface area contributed by atoms with Gasteiger partial charge in [0.1, 0.15) is 6.04 Å². The second kappa shape index (κ2) is 7.57. The zero-order valence-corrected chi connectivity index (χ0v) is 17.5. The Bertz CT molecular complexity index is 1180. The quantitative estimate of drug-likeness (QED) is 0.706. The highest BCUT2D eigenvalue weighted by Gasteiger charge is 2.51. The molecule has 1 saturated carbocycles. The number of hydrogen-bond donors (Lipinski definition) is 1. The average molecular weight is 418 g/mol. The van der Waals surface area contributed by atoms with Gasteiger partial charge in [0.05, 0.1) is 17.2 Å². The number of rotatable bonds is 3. The normalized spacial score (nSPS) is 26.6. The van der Waals surface area contributed by atoms with E-state index in [-0.39, 0.29) is 23.3 Å². The molecule has 31 heavy (non-hydrogen) atoms. The van der Waals surface area contributed by atoms with Crippen molar-refractivity contribution >= 4 is 16.7 Å². The number of nitrogens with zero attached hydrogens (tertiary/aromatic N) is 4. The molecule has 3 aromatic rings. The van der Waals surface area contributed by atoms with Crippen molar-refractivity contribution in [3.8, 4) is 0 Å². The first-order chi connectivity index (χ1) is 15.0. The largest absolute Gasteiger partial charge is 0.385 e. The molecule has 4 unspecified atom stereocenters. The van der Waals surface area contributed by atoms with Gasteiger partial charge in [0, 0.05) is 42.4 Å². The maximum atomic E-state index is 13.4. The molecule has 2 aliphatic rings. The van der Waals surface area contributed by atoms with Gasteiger partial charge in [-0.15, -0.1) is 0 Å². The second-order valence-electron chi connectivity index (χ2n) is 8.83. The number of fused-ring (bicyclic) bond motifs is 2. The minimum Gasteiger partial charge on any atom is -0.385 e. The van der Waals surface area contributed by atoms with E-state index >= 15 is 0 Å². The molecule has 1 aromatic carbocycles. The van der Waals surface area contributed by atoms with Crippen LogP contribution in [0.2, 0.25) is 0 Å². The molecule has 1 N–H and O–H groups in total. The van der Waals surface area contributed by atoms with Crippen molar-refractivity contribution in [1.82, 2.24) is 19.7 Å². The number of carbonyl (C=O) groups is 1. The molecule has 0 radical (unpaired) electrons. The van der Waals surface area contributed by atoms with Crippen molar-refractivity contribution in [1.29, 1.82) is 0 Å². The molecule has 2 aromatic heterocycles. The number of aromatic nitrogens is 3. The zero-order valence-electron chi connectivity index (χ0n) is 17.5. The minimum atomic E-state index is -0.979. The van der Waals surface area contributed by atoms with Crippen LogP contribution in [0.4, 0.5) is 0 Å². The molecule has 1 amide bonds. The molecule has 160 valence electrons. The summed E-state index contributed by atoms with van der Waals surface area (Å²) in [6.07, 6.45) is 7.63. The summed E-state index contributed by atoms with van der Waals surface area (Å²) in [5, 5.41) is 17.2. The van der Waals surface area contributed by atoms with Gasteiger partial charge in [-0.25, -0.2) is 4.68 Å². The van der Waals surface area contributed by atoms with Gasteiger partial charge >= 0.3 is 0 Å². The summed E-state index contributed by atoms with van der Waals surface area (Å²) in [6, 6.07) is 10.3. The van der Waals surface area contributed by atoms with E-state index in [4.69, 9.17) is 0 Å². The Morgan fingerprint density at radius 3 is 2.84 bits per heavy atom. The fourth-order valence-corrected chi connectivity index (χ4v) is 5.43. The fraction of sp³-hybridized carbons (Fsp3) is 0.417. The van der Waals surface area contributed by atoms with Crippen LogP contribution in [0.5, 0.6) is 0 Å². The predicted octanol–water partition coefficient (Wildman–Crippen LogP) is 2.50. The number of likely N-dealkylation sites (tertiary alicyclic amines) is 1. The number of benzene rings is 1. The lowest BCUT2D eigenvalue weighted by Crippen LogP contribution is -2.43. The highest BCUT2D eigenvalue weighted by Crippen LogP contribution is 2.48. The molecule has 1 aliphatic heterocycles. The van der Waals surface area contributed by atoms with E-state index in [1.807, 2.05) is 30.3 Å². The van der Waals surface area contributed by atoms with Crippen molar-refractivity contribution in [2.24, 2.45) is 11.8 Å². The predicted molar refractivity (Wildman–Crippen MR) is 116 cm³/mol. The first kappa shape index (κ1) is 19.9. The number of amides is 1. The molecule has 3 heterocycles. The van der Waals surface area contributed by atoms with Crippen LogP contribution in [0.25, 0.3) is 10.8 Å². The third-order valence-electron chi connectivity index (χ3n) is 7.11. The van der Waals surface area contributed by atoms with Gasteiger partial charge in [-0.3, -0.25) is 14.6 Å². The van der Waals surface area contributed by atoms with Crippen LogP contribution < -0.4 is 5.56 Å². The summed E-state index contributed by atoms with van der Waals surface area (Å²) in [7, 11) is 0. The summed E-state index contributed by atoms with van der Waals surface area (Å²) in [4.78, 5) is 32.3. The monoisotopic (exact) mass is 418 g/mol.